The second kappa shape index (κ2) is 6.37. The quantitative estimate of drug-likeness (QED) is 0.711. The van der Waals surface area contributed by atoms with E-state index in [2.05, 4.69) is 40.4 Å². The number of amides is 1. The van der Waals surface area contributed by atoms with Gasteiger partial charge in [0.15, 0.2) is 0 Å². The van der Waals surface area contributed by atoms with E-state index in [1.165, 1.54) is 18.4 Å². The van der Waals surface area contributed by atoms with Crippen molar-refractivity contribution in [3.8, 4) is 0 Å². The van der Waals surface area contributed by atoms with Crippen molar-refractivity contribution in [2.24, 2.45) is 5.92 Å². The molecule has 1 aromatic carbocycles. The molecular formula is C16H23N3O. The van der Waals surface area contributed by atoms with E-state index >= 15 is 0 Å². The molecule has 3 N–H and O–H groups in total. The summed E-state index contributed by atoms with van der Waals surface area (Å²) in [4.78, 5) is 12.2. The van der Waals surface area contributed by atoms with Crippen LogP contribution in [0.25, 0.3) is 0 Å². The van der Waals surface area contributed by atoms with Crippen molar-refractivity contribution in [3.05, 3.63) is 35.9 Å². The van der Waals surface area contributed by atoms with Crippen LogP contribution in [0.2, 0.25) is 0 Å². The Morgan fingerprint density at radius 1 is 1.20 bits per heavy atom. The zero-order chi connectivity index (χ0) is 13.8. The minimum Gasteiger partial charge on any atom is -0.355 e. The summed E-state index contributed by atoms with van der Waals surface area (Å²) >= 11 is 0. The first kappa shape index (κ1) is 13.6. The van der Waals surface area contributed by atoms with Crippen molar-refractivity contribution in [1.29, 1.82) is 0 Å². The molecular weight excluding hydrogens is 250 g/mol. The lowest BCUT2D eigenvalue weighted by Crippen LogP contribution is -2.46. The molecule has 108 valence electrons. The lowest BCUT2D eigenvalue weighted by molar-refractivity contribution is -0.123. The van der Waals surface area contributed by atoms with Gasteiger partial charge in [-0.2, -0.15) is 0 Å². The molecule has 4 heteroatoms. The molecule has 1 aliphatic carbocycles. The summed E-state index contributed by atoms with van der Waals surface area (Å²) in [6, 6.07) is 10.9. The maximum Gasteiger partial charge on any atom is 0.238 e. The van der Waals surface area contributed by atoms with Crippen LogP contribution in [0.15, 0.2) is 30.3 Å². The van der Waals surface area contributed by atoms with Crippen LogP contribution in [0, 0.1) is 5.92 Å². The summed E-state index contributed by atoms with van der Waals surface area (Å²) < 4.78 is 0. The minimum atomic E-state index is -0.0424. The third kappa shape index (κ3) is 3.02. The van der Waals surface area contributed by atoms with Gasteiger partial charge in [0.05, 0.1) is 0 Å². The summed E-state index contributed by atoms with van der Waals surface area (Å²) in [5.74, 6) is 0.629. The molecule has 3 atom stereocenters. The molecule has 1 amide bonds. The molecule has 0 radical (unpaired) electrons. The zero-order valence-corrected chi connectivity index (χ0v) is 11.8. The van der Waals surface area contributed by atoms with Crippen LogP contribution < -0.4 is 16.2 Å². The van der Waals surface area contributed by atoms with Gasteiger partial charge in [-0.25, -0.2) is 5.43 Å². The van der Waals surface area contributed by atoms with Crippen molar-refractivity contribution in [3.63, 3.8) is 0 Å². The van der Waals surface area contributed by atoms with Crippen molar-refractivity contribution in [2.75, 3.05) is 6.54 Å². The topological polar surface area (TPSA) is 53.2 Å². The first-order valence-electron chi connectivity index (χ1n) is 7.67. The van der Waals surface area contributed by atoms with Crippen molar-refractivity contribution < 1.29 is 4.79 Å². The van der Waals surface area contributed by atoms with Gasteiger partial charge >= 0.3 is 0 Å². The number of hydrogen-bond donors (Lipinski definition) is 3. The lowest BCUT2D eigenvalue weighted by atomic mass is 9.97. The summed E-state index contributed by atoms with van der Waals surface area (Å²) in [5, 5.41) is 3.07. The molecule has 1 saturated heterocycles. The van der Waals surface area contributed by atoms with Gasteiger partial charge in [-0.3, -0.25) is 10.2 Å². The van der Waals surface area contributed by atoms with Crippen LogP contribution >= 0.6 is 0 Å². The minimum absolute atomic E-state index is 0.0424. The highest BCUT2D eigenvalue weighted by Gasteiger charge is 2.42. The number of nitrogens with one attached hydrogen (secondary N) is 3. The predicted octanol–water partition coefficient (Wildman–Crippen LogP) is 1.38. The lowest BCUT2D eigenvalue weighted by Gasteiger charge is -2.16. The first-order chi connectivity index (χ1) is 9.84. The van der Waals surface area contributed by atoms with Crippen LogP contribution in [0.1, 0.15) is 31.2 Å². The molecule has 3 unspecified atom stereocenters. The van der Waals surface area contributed by atoms with Gasteiger partial charge in [0, 0.05) is 18.5 Å². The van der Waals surface area contributed by atoms with E-state index in [4.69, 9.17) is 0 Å². The summed E-state index contributed by atoms with van der Waals surface area (Å²) in [6.45, 7) is 0.753. The number of aryl methyl sites for hydroxylation is 1. The predicted molar refractivity (Wildman–Crippen MR) is 79.0 cm³/mol. The fourth-order valence-electron chi connectivity index (χ4n) is 3.39. The standard InChI is InChI=1S/C16H23N3O/c20-16(15-13-9-4-10-14(13)18-19-15)17-11-5-8-12-6-2-1-3-7-12/h1-3,6-7,13-15,18-19H,4-5,8-11H2,(H,17,20). The number of benzene rings is 1. The Morgan fingerprint density at radius 3 is 2.90 bits per heavy atom. The van der Waals surface area contributed by atoms with E-state index in [9.17, 15) is 4.79 Å². The fraction of sp³-hybridized carbons (Fsp3) is 0.562. The van der Waals surface area contributed by atoms with Gasteiger partial charge in [-0.05, 0) is 31.2 Å². The third-order valence-electron chi connectivity index (χ3n) is 4.49. The number of rotatable bonds is 5. The van der Waals surface area contributed by atoms with Gasteiger partial charge < -0.3 is 5.32 Å². The number of carbonyl (C=O) groups is 1. The highest BCUT2D eigenvalue weighted by atomic mass is 16.2. The Kier molecular flexibility index (Phi) is 4.33. The summed E-state index contributed by atoms with van der Waals surface area (Å²) in [6.07, 6.45) is 5.59. The van der Waals surface area contributed by atoms with Gasteiger partial charge in [0.25, 0.3) is 0 Å². The molecule has 3 rings (SSSR count). The van der Waals surface area contributed by atoms with Gasteiger partial charge in [0.1, 0.15) is 6.04 Å². The first-order valence-corrected chi connectivity index (χ1v) is 7.67. The molecule has 0 spiro atoms. The third-order valence-corrected chi connectivity index (χ3v) is 4.49. The Hall–Kier alpha value is -1.39. The van der Waals surface area contributed by atoms with Gasteiger partial charge in [0.2, 0.25) is 5.91 Å². The van der Waals surface area contributed by atoms with Crippen LogP contribution in [0.5, 0.6) is 0 Å². The molecule has 0 aromatic heterocycles. The van der Waals surface area contributed by atoms with Crippen molar-refractivity contribution in [2.45, 2.75) is 44.2 Å². The second-order valence-corrected chi connectivity index (χ2v) is 5.85. The molecule has 1 aliphatic heterocycles. The molecule has 2 fully saturated rings. The van der Waals surface area contributed by atoms with E-state index in [1.54, 1.807) is 0 Å². The summed E-state index contributed by atoms with van der Waals surface area (Å²) in [7, 11) is 0. The van der Waals surface area contributed by atoms with E-state index in [-0.39, 0.29) is 11.9 Å². The highest BCUT2D eigenvalue weighted by Crippen LogP contribution is 2.31. The zero-order valence-electron chi connectivity index (χ0n) is 11.8. The second-order valence-electron chi connectivity index (χ2n) is 5.85. The maximum absolute atomic E-state index is 12.2. The number of carbonyl (C=O) groups excluding carboxylic acids is 1. The largest absolute Gasteiger partial charge is 0.355 e. The Morgan fingerprint density at radius 2 is 2.05 bits per heavy atom. The van der Waals surface area contributed by atoms with E-state index in [0.29, 0.717) is 12.0 Å². The molecule has 4 nitrogen and oxygen atoms in total. The average Bonchev–Trinajstić information content (AvgIpc) is 3.07. The summed E-state index contributed by atoms with van der Waals surface area (Å²) in [5.41, 5.74) is 7.74. The number of fused-ring (bicyclic) bond motifs is 1. The molecule has 0 bridgehead atoms. The molecule has 20 heavy (non-hydrogen) atoms. The van der Waals surface area contributed by atoms with Gasteiger partial charge in [-0.15, -0.1) is 0 Å². The number of hydrazine groups is 1. The molecule has 2 aliphatic rings. The van der Waals surface area contributed by atoms with Crippen molar-refractivity contribution >= 4 is 5.91 Å². The molecule has 1 heterocycles. The Bertz CT molecular complexity index is 448. The smallest absolute Gasteiger partial charge is 0.238 e. The van der Waals surface area contributed by atoms with E-state index in [1.807, 2.05) is 6.07 Å². The normalized spacial score (nSPS) is 28.3. The van der Waals surface area contributed by atoms with E-state index in [0.717, 1.165) is 25.8 Å². The van der Waals surface area contributed by atoms with Crippen LogP contribution in [-0.2, 0) is 11.2 Å². The van der Waals surface area contributed by atoms with Crippen LogP contribution in [-0.4, -0.2) is 24.5 Å². The van der Waals surface area contributed by atoms with Crippen molar-refractivity contribution in [1.82, 2.24) is 16.2 Å². The van der Waals surface area contributed by atoms with Gasteiger partial charge in [-0.1, -0.05) is 36.8 Å². The fourth-order valence-corrected chi connectivity index (χ4v) is 3.39. The molecule has 1 aromatic rings. The van der Waals surface area contributed by atoms with E-state index < -0.39 is 0 Å². The molecule has 1 saturated carbocycles. The van der Waals surface area contributed by atoms with Crippen LogP contribution in [0.3, 0.4) is 0 Å². The Labute approximate surface area is 120 Å². The SMILES string of the molecule is O=C(NCCCc1ccccc1)C1NNC2CCCC21. The average molecular weight is 273 g/mol. The monoisotopic (exact) mass is 273 g/mol. The Balaban J connectivity index is 1.39. The highest BCUT2D eigenvalue weighted by molar-refractivity contribution is 5.82. The maximum atomic E-state index is 12.2. The van der Waals surface area contributed by atoms with Crippen LogP contribution in [0.4, 0.5) is 0 Å². The number of hydrogen-bond acceptors (Lipinski definition) is 3.